The average molecular weight is 229 g/mol. The number of benzene rings is 1. The number of nitrogens with one attached hydrogen (secondary N) is 1. The molecule has 0 amide bonds. The molecule has 0 aliphatic carbocycles. The molecule has 88 valence electrons. The topological polar surface area (TPSA) is 47.0 Å². The molecule has 1 aromatic carbocycles. The summed E-state index contributed by atoms with van der Waals surface area (Å²) in [5.41, 5.74) is 3.02. The summed E-state index contributed by atoms with van der Waals surface area (Å²) in [4.78, 5) is 8.60. The standard InChI is InChI=1S/C13H15N3O/c1-14-13-12(15-6-7-16-13)11-5-3-4-10(8-11)9-17-2/h3-8H,9H2,1-2H3,(H,14,16). The van der Waals surface area contributed by atoms with Gasteiger partial charge in [0.2, 0.25) is 0 Å². The molecule has 4 heteroatoms. The maximum absolute atomic E-state index is 5.12. The largest absolute Gasteiger partial charge is 0.380 e. The van der Waals surface area contributed by atoms with Crippen LogP contribution in [0, 0.1) is 0 Å². The summed E-state index contributed by atoms with van der Waals surface area (Å²) in [6, 6.07) is 8.11. The van der Waals surface area contributed by atoms with Gasteiger partial charge in [-0.15, -0.1) is 0 Å². The van der Waals surface area contributed by atoms with Gasteiger partial charge in [0.1, 0.15) is 5.69 Å². The highest BCUT2D eigenvalue weighted by atomic mass is 16.5. The van der Waals surface area contributed by atoms with Crippen LogP contribution in [0.3, 0.4) is 0 Å². The van der Waals surface area contributed by atoms with Crippen molar-refractivity contribution in [1.29, 1.82) is 0 Å². The molecule has 4 nitrogen and oxygen atoms in total. The molecule has 0 aliphatic rings. The fourth-order valence-corrected chi connectivity index (χ4v) is 1.71. The van der Waals surface area contributed by atoms with Crippen molar-refractivity contribution in [1.82, 2.24) is 9.97 Å². The fourth-order valence-electron chi connectivity index (χ4n) is 1.71. The second-order valence-corrected chi connectivity index (χ2v) is 3.64. The summed E-state index contributed by atoms with van der Waals surface area (Å²) in [6.07, 6.45) is 3.37. The van der Waals surface area contributed by atoms with Crippen molar-refractivity contribution in [2.24, 2.45) is 0 Å². The number of hydrogen-bond donors (Lipinski definition) is 1. The first-order chi connectivity index (χ1) is 8.35. The third-order valence-corrected chi connectivity index (χ3v) is 2.45. The van der Waals surface area contributed by atoms with Crippen LogP contribution in [0.4, 0.5) is 5.82 Å². The molecule has 0 unspecified atom stereocenters. The van der Waals surface area contributed by atoms with E-state index in [1.54, 1.807) is 19.5 Å². The number of aromatic nitrogens is 2. The van der Waals surface area contributed by atoms with E-state index in [-0.39, 0.29) is 0 Å². The fraction of sp³-hybridized carbons (Fsp3) is 0.231. The van der Waals surface area contributed by atoms with Crippen LogP contribution in [-0.4, -0.2) is 24.1 Å². The van der Waals surface area contributed by atoms with Crippen LogP contribution in [0.5, 0.6) is 0 Å². The summed E-state index contributed by atoms with van der Waals surface area (Å²) in [5, 5.41) is 3.04. The van der Waals surface area contributed by atoms with Gasteiger partial charge in [0.15, 0.2) is 5.82 Å². The summed E-state index contributed by atoms with van der Waals surface area (Å²) < 4.78 is 5.12. The number of hydrogen-bond acceptors (Lipinski definition) is 4. The number of anilines is 1. The Bertz CT molecular complexity index is 500. The zero-order valence-corrected chi connectivity index (χ0v) is 9.97. The van der Waals surface area contributed by atoms with Crippen molar-refractivity contribution >= 4 is 5.82 Å². The van der Waals surface area contributed by atoms with Crippen molar-refractivity contribution in [3.05, 3.63) is 42.2 Å². The SMILES string of the molecule is CNc1nccnc1-c1cccc(COC)c1. The molecule has 2 aromatic rings. The van der Waals surface area contributed by atoms with E-state index in [4.69, 9.17) is 4.74 Å². The molecule has 0 aliphatic heterocycles. The lowest BCUT2D eigenvalue weighted by Gasteiger charge is -2.08. The van der Waals surface area contributed by atoms with Gasteiger partial charge in [0.25, 0.3) is 0 Å². The smallest absolute Gasteiger partial charge is 0.152 e. The molecule has 2 rings (SSSR count). The van der Waals surface area contributed by atoms with Crippen LogP contribution in [0.15, 0.2) is 36.7 Å². The highest BCUT2D eigenvalue weighted by Gasteiger charge is 2.06. The van der Waals surface area contributed by atoms with Crippen molar-refractivity contribution in [3.63, 3.8) is 0 Å². The van der Waals surface area contributed by atoms with E-state index in [0.717, 1.165) is 22.6 Å². The maximum atomic E-state index is 5.12. The van der Waals surface area contributed by atoms with E-state index in [1.807, 2.05) is 25.2 Å². The average Bonchev–Trinajstić information content (AvgIpc) is 2.39. The number of nitrogens with zero attached hydrogens (tertiary/aromatic N) is 2. The van der Waals surface area contributed by atoms with E-state index in [2.05, 4.69) is 21.4 Å². The molecule has 0 radical (unpaired) electrons. The van der Waals surface area contributed by atoms with Crippen molar-refractivity contribution in [2.75, 3.05) is 19.5 Å². The van der Waals surface area contributed by atoms with Crippen LogP contribution in [-0.2, 0) is 11.3 Å². The lowest BCUT2D eigenvalue weighted by Crippen LogP contribution is -1.98. The molecule has 1 N–H and O–H groups in total. The molecule has 1 heterocycles. The second-order valence-electron chi connectivity index (χ2n) is 3.64. The van der Waals surface area contributed by atoms with Gasteiger partial charge in [-0.05, 0) is 11.6 Å². The maximum Gasteiger partial charge on any atom is 0.152 e. The van der Waals surface area contributed by atoms with Crippen LogP contribution in [0.2, 0.25) is 0 Å². The van der Waals surface area contributed by atoms with Crippen LogP contribution >= 0.6 is 0 Å². The van der Waals surface area contributed by atoms with Crippen LogP contribution < -0.4 is 5.32 Å². The Morgan fingerprint density at radius 3 is 2.82 bits per heavy atom. The van der Waals surface area contributed by atoms with Crippen molar-refractivity contribution in [2.45, 2.75) is 6.61 Å². The van der Waals surface area contributed by atoms with Gasteiger partial charge in [0, 0.05) is 32.1 Å². The van der Waals surface area contributed by atoms with Gasteiger partial charge in [-0.25, -0.2) is 4.98 Å². The summed E-state index contributed by atoms with van der Waals surface area (Å²) in [7, 11) is 3.53. The Labute approximate surface area is 101 Å². The minimum absolute atomic E-state index is 0.600. The number of ether oxygens (including phenoxy) is 1. The van der Waals surface area contributed by atoms with E-state index < -0.39 is 0 Å². The Hall–Kier alpha value is -1.94. The first-order valence-electron chi connectivity index (χ1n) is 5.42. The Morgan fingerprint density at radius 2 is 2.06 bits per heavy atom. The molecule has 0 spiro atoms. The lowest BCUT2D eigenvalue weighted by atomic mass is 10.1. The third-order valence-electron chi connectivity index (χ3n) is 2.45. The molecular weight excluding hydrogens is 214 g/mol. The monoisotopic (exact) mass is 229 g/mol. The van der Waals surface area contributed by atoms with Gasteiger partial charge in [-0.1, -0.05) is 18.2 Å². The number of methoxy groups -OCH3 is 1. The molecule has 0 atom stereocenters. The molecule has 0 saturated heterocycles. The lowest BCUT2D eigenvalue weighted by molar-refractivity contribution is 0.185. The van der Waals surface area contributed by atoms with E-state index >= 15 is 0 Å². The summed E-state index contributed by atoms with van der Waals surface area (Å²) in [6.45, 7) is 0.600. The van der Waals surface area contributed by atoms with Crippen LogP contribution in [0.1, 0.15) is 5.56 Å². The quantitative estimate of drug-likeness (QED) is 0.874. The third kappa shape index (κ3) is 2.60. The Kier molecular flexibility index (Phi) is 3.67. The predicted molar refractivity (Wildman–Crippen MR) is 67.7 cm³/mol. The molecule has 0 saturated carbocycles. The van der Waals surface area contributed by atoms with Gasteiger partial charge < -0.3 is 10.1 Å². The normalized spacial score (nSPS) is 10.2. The minimum Gasteiger partial charge on any atom is -0.380 e. The van der Waals surface area contributed by atoms with Crippen molar-refractivity contribution < 1.29 is 4.74 Å². The van der Waals surface area contributed by atoms with Gasteiger partial charge >= 0.3 is 0 Å². The summed E-state index contributed by atoms with van der Waals surface area (Å²) >= 11 is 0. The van der Waals surface area contributed by atoms with E-state index in [9.17, 15) is 0 Å². The Balaban J connectivity index is 2.41. The zero-order valence-electron chi connectivity index (χ0n) is 9.97. The molecule has 0 bridgehead atoms. The highest BCUT2D eigenvalue weighted by Crippen LogP contribution is 2.23. The molecular formula is C13H15N3O. The molecule has 1 aromatic heterocycles. The highest BCUT2D eigenvalue weighted by molar-refractivity contribution is 5.71. The first kappa shape index (κ1) is 11.5. The van der Waals surface area contributed by atoms with Crippen molar-refractivity contribution in [3.8, 4) is 11.3 Å². The van der Waals surface area contributed by atoms with Crippen LogP contribution in [0.25, 0.3) is 11.3 Å². The van der Waals surface area contributed by atoms with E-state index in [0.29, 0.717) is 6.61 Å². The van der Waals surface area contributed by atoms with Gasteiger partial charge in [-0.2, -0.15) is 0 Å². The molecule has 17 heavy (non-hydrogen) atoms. The van der Waals surface area contributed by atoms with Gasteiger partial charge in [0.05, 0.1) is 6.61 Å². The predicted octanol–water partition coefficient (Wildman–Crippen LogP) is 2.33. The first-order valence-corrected chi connectivity index (χ1v) is 5.42. The number of rotatable bonds is 4. The second kappa shape index (κ2) is 5.41. The summed E-state index contributed by atoms with van der Waals surface area (Å²) in [5.74, 6) is 0.780. The minimum atomic E-state index is 0.600. The molecule has 0 fully saturated rings. The zero-order chi connectivity index (χ0) is 12.1. The van der Waals surface area contributed by atoms with Gasteiger partial charge in [-0.3, -0.25) is 4.98 Å². The van der Waals surface area contributed by atoms with E-state index in [1.165, 1.54) is 0 Å². The Morgan fingerprint density at radius 1 is 1.24 bits per heavy atom.